The Morgan fingerprint density at radius 1 is 1.15 bits per heavy atom. The smallest absolute Gasteiger partial charge is 0.256 e. The van der Waals surface area contributed by atoms with Crippen molar-refractivity contribution in [1.29, 1.82) is 0 Å². The predicted octanol–water partition coefficient (Wildman–Crippen LogP) is 2.42. The van der Waals surface area contributed by atoms with Crippen LogP contribution >= 0.6 is 11.6 Å². The lowest BCUT2D eigenvalue weighted by Crippen LogP contribution is -2.40. The minimum Gasteiger partial charge on any atom is -0.495 e. The topological polar surface area (TPSA) is 105 Å². The predicted molar refractivity (Wildman–Crippen MR) is 123 cm³/mol. The molecule has 33 heavy (non-hydrogen) atoms. The first-order valence-corrected chi connectivity index (χ1v) is 12.2. The molecule has 0 saturated carbocycles. The summed E-state index contributed by atoms with van der Waals surface area (Å²) in [6.07, 6.45) is -0.0671. The highest BCUT2D eigenvalue weighted by Gasteiger charge is 2.40. The quantitative estimate of drug-likeness (QED) is 0.616. The van der Waals surface area contributed by atoms with E-state index < -0.39 is 22.0 Å². The SMILES string of the molecule is COc1ccc(N[C@H]2CC(=O)N(c3cccc(Cl)c3C)C2=O)cc1S(=O)(=O)N1CCOCC1. The van der Waals surface area contributed by atoms with E-state index in [9.17, 15) is 18.0 Å². The summed E-state index contributed by atoms with van der Waals surface area (Å²) in [5, 5.41) is 3.47. The van der Waals surface area contributed by atoms with Crippen LogP contribution in [0.15, 0.2) is 41.3 Å². The minimum atomic E-state index is -3.84. The Morgan fingerprint density at radius 3 is 2.58 bits per heavy atom. The first kappa shape index (κ1) is 23.5. The van der Waals surface area contributed by atoms with Crippen LogP contribution < -0.4 is 15.0 Å². The van der Waals surface area contributed by atoms with Crippen LogP contribution in [0.4, 0.5) is 11.4 Å². The molecule has 0 bridgehead atoms. The monoisotopic (exact) mass is 493 g/mol. The van der Waals surface area contributed by atoms with Crippen LogP contribution in [-0.4, -0.2) is 64.0 Å². The van der Waals surface area contributed by atoms with E-state index in [1.807, 2.05) is 0 Å². The Balaban J connectivity index is 1.61. The fourth-order valence-corrected chi connectivity index (χ4v) is 5.69. The fourth-order valence-electron chi connectivity index (χ4n) is 3.93. The van der Waals surface area contributed by atoms with Gasteiger partial charge in [0.2, 0.25) is 15.9 Å². The lowest BCUT2D eigenvalue weighted by molar-refractivity contribution is -0.121. The highest BCUT2D eigenvalue weighted by Crippen LogP contribution is 2.33. The van der Waals surface area contributed by atoms with Crippen molar-refractivity contribution < 1.29 is 27.5 Å². The molecule has 2 fully saturated rings. The summed E-state index contributed by atoms with van der Waals surface area (Å²) < 4.78 is 38.3. The van der Waals surface area contributed by atoms with E-state index in [4.69, 9.17) is 21.1 Å². The van der Waals surface area contributed by atoms with Crippen molar-refractivity contribution in [3.8, 4) is 5.75 Å². The molecule has 4 rings (SSSR count). The molecule has 0 aromatic heterocycles. The van der Waals surface area contributed by atoms with E-state index in [1.54, 1.807) is 31.2 Å². The van der Waals surface area contributed by atoms with Crippen LogP contribution in [0.25, 0.3) is 0 Å². The lowest BCUT2D eigenvalue weighted by Gasteiger charge is -2.27. The number of carbonyl (C=O) groups is 2. The van der Waals surface area contributed by atoms with Crippen molar-refractivity contribution in [3.05, 3.63) is 47.0 Å². The number of amides is 2. The zero-order valence-electron chi connectivity index (χ0n) is 18.2. The number of anilines is 2. The third kappa shape index (κ3) is 4.43. The van der Waals surface area contributed by atoms with Gasteiger partial charge in [0, 0.05) is 23.8 Å². The molecule has 0 spiro atoms. The summed E-state index contributed by atoms with van der Waals surface area (Å²) in [5.74, 6) is -0.603. The first-order chi connectivity index (χ1) is 15.7. The second kappa shape index (κ2) is 9.30. The van der Waals surface area contributed by atoms with Gasteiger partial charge in [0.25, 0.3) is 5.91 Å². The van der Waals surface area contributed by atoms with Crippen molar-refractivity contribution >= 4 is 44.8 Å². The Kier molecular flexibility index (Phi) is 6.62. The number of sulfonamides is 1. The zero-order valence-corrected chi connectivity index (χ0v) is 19.8. The van der Waals surface area contributed by atoms with Gasteiger partial charge in [-0.2, -0.15) is 4.31 Å². The van der Waals surface area contributed by atoms with E-state index >= 15 is 0 Å². The Hall–Kier alpha value is -2.66. The molecule has 2 aliphatic rings. The number of benzene rings is 2. The molecule has 9 nitrogen and oxygen atoms in total. The van der Waals surface area contributed by atoms with Crippen LogP contribution in [0.2, 0.25) is 5.02 Å². The number of morpholine rings is 1. The van der Waals surface area contributed by atoms with E-state index in [1.165, 1.54) is 23.5 Å². The van der Waals surface area contributed by atoms with Crippen molar-refractivity contribution in [2.45, 2.75) is 24.3 Å². The van der Waals surface area contributed by atoms with Gasteiger partial charge in [-0.15, -0.1) is 0 Å². The largest absolute Gasteiger partial charge is 0.495 e. The summed E-state index contributed by atoms with van der Waals surface area (Å²) in [5.41, 5.74) is 1.45. The molecule has 0 unspecified atom stereocenters. The van der Waals surface area contributed by atoms with Crippen molar-refractivity contribution in [2.24, 2.45) is 0 Å². The molecule has 0 aliphatic carbocycles. The van der Waals surface area contributed by atoms with Gasteiger partial charge < -0.3 is 14.8 Å². The maximum absolute atomic E-state index is 13.2. The molecule has 2 saturated heterocycles. The van der Waals surface area contributed by atoms with Crippen LogP contribution in [0.1, 0.15) is 12.0 Å². The molecule has 0 radical (unpaired) electrons. The zero-order chi connectivity index (χ0) is 23.8. The normalized spacial score (nSPS) is 19.7. The number of nitrogens with zero attached hydrogens (tertiary/aromatic N) is 2. The average Bonchev–Trinajstić information content (AvgIpc) is 3.09. The number of imide groups is 1. The summed E-state index contributed by atoms with van der Waals surface area (Å²) in [4.78, 5) is 26.8. The molecule has 2 aromatic carbocycles. The van der Waals surface area contributed by atoms with Crippen LogP contribution in [-0.2, 0) is 24.3 Å². The number of nitrogens with one attached hydrogen (secondary N) is 1. The van der Waals surface area contributed by atoms with Gasteiger partial charge in [0.15, 0.2) is 0 Å². The standard InChI is InChI=1S/C22H24ClN3O6S/c1-14-16(23)4-3-5-18(14)26-21(27)13-17(22(26)28)24-15-6-7-19(31-2)20(12-15)33(29,30)25-8-10-32-11-9-25/h3-7,12,17,24H,8-11,13H2,1-2H3/t17-/m0/s1. The number of ether oxygens (including phenoxy) is 2. The molecular weight excluding hydrogens is 470 g/mol. The van der Waals surface area contributed by atoms with E-state index in [2.05, 4.69) is 5.32 Å². The molecular formula is C22H24ClN3O6S. The van der Waals surface area contributed by atoms with E-state index in [0.29, 0.717) is 35.2 Å². The number of hydrogen-bond acceptors (Lipinski definition) is 7. The molecule has 2 aromatic rings. The molecule has 1 N–H and O–H groups in total. The molecule has 2 heterocycles. The van der Waals surface area contributed by atoms with Gasteiger partial charge in [0.05, 0.1) is 32.4 Å². The third-order valence-electron chi connectivity index (χ3n) is 5.72. The molecule has 176 valence electrons. The molecule has 11 heteroatoms. The second-order valence-electron chi connectivity index (χ2n) is 7.73. The van der Waals surface area contributed by atoms with Gasteiger partial charge in [-0.05, 0) is 42.8 Å². The third-order valence-corrected chi connectivity index (χ3v) is 8.05. The number of halogens is 1. The number of carbonyl (C=O) groups excluding carboxylic acids is 2. The van der Waals surface area contributed by atoms with E-state index in [0.717, 1.165) is 4.90 Å². The van der Waals surface area contributed by atoms with Crippen LogP contribution in [0.3, 0.4) is 0 Å². The van der Waals surface area contributed by atoms with Gasteiger partial charge in [-0.25, -0.2) is 13.3 Å². The second-order valence-corrected chi connectivity index (χ2v) is 10.0. The summed E-state index contributed by atoms with van der Waals surface area (Å²) >= 11 is 6.16. The average molecular weight is 494 g/mol. The first-order valence-electron chi connectivity index (χ1n) is 10.4. The van der Waals surface area contributed by atoms with Gasteiger partial charge in [-0.1, -0.05) is 17.7 Å². The van der Waals surface area contributed by atoms with Gasteiger partial charge in [0.1, 0.15) is 16.7 Å². The maximum atomic E-state index is 13.2. The maximum Gasteiger partial charge on any atom is 0.256 e. The lowest BCUT2D eigenvalue weighted by atomic mass is 10.2. The number of methoxy groups -OCH3 is 1. The highest BCUT2D eigenvalue weighted by atomic mass is 35.5. The summed E-state index contributed by atoms with van der Waals surface area (Å²) in [7, 11) is -2.44. The molecule has 2 amide bonds. The fraction of sp³-hybridized carbons (Fsp3) is 0.364. The summed E-state index contributed by atoms with van der Waals surface area (Å²) in [6, 6.07) is 8.75. The number of hydrogen-bond donors (Lipinski definition) is 1. The summed E-state index contributed by atoms with van der Waals surface area (Å²) in [6.45, 7) is 2.86. The Labute approximate surface area is 197 Å². The molecule has 1 atom stereocenters. The molecule has 2 aliphatic heterocycles. The van der Waals surface area contributed by atoms with Crippen LogP contribution in [0, 0.1) is 6.92 Å². The van der Waals surface area contributed by atoms with Crippen molar-refractivity contribution in [3.63, 3.8) is 0 Å². The Morgan fingerprint density at radius 2 is 1.88 bits per heavy atom. The van der Waals surface area contributed by atoms with Gasteiger partial charge in [-0.3, -0.25) is 9.59 Å². The number of rotatable bonds is 6. The highest BCUT2D eigenvalue weighted by molar-refractivity contribution is 7.89. The van der Waals surface area contributed by atoms with Gasteiger partial charge >= 0.3 is 0 Å². The van der Waals surface area contributed by atoms with Crippen molar-refractivity contribution in [1.82, 2.24) is 4.31 Å². The Bertz CT molecular complexity index is 1200. The minimum absolute atomic E-state index is 0.0174. The van der Waals surface area contributed by atoms with Crippen molar-refractivity contribution in [2.75, 3.05) is 43.6 Å². The van der Waals surface area contributed by atoms with E-state index in [-0.39, 0.29) is 36.1 Å². The van der Waals surface area contributed by atoms with Crippen LogP contribution in [0.5, 0.6) is 5.75 Å².